The summed E-state index contributed by atoms with van der Waals surface area (Å²) in [5.74, 6) is -0.0643. The third-order valence-corrected chi connectivity index (χ3v) is 4.41. The summed E-state index contributed by atoms with van der Waals surface area (Å²) in [6, 6.07) is 13.7. The van der Waals surface area contributed by atoms with Gasteiger partial charge in [-0.1, -0.05) is 6.07 Å². The van der Waals surface area contributed by atoms with Crippen molar-refractivity contribution < 1.29 is 23.8 Å². The molecule has 0 aliphatic carbocycles. The van der Waals surface area contributed by atoms with Gasteiger partial charge < -0.3 is 19.1 Å². The van der Waals surface area contributed by atoms with E-state index in [4.69, 9.17) is 19.5 Å². The van der Waals surface area contributed by atoms with Crippen molar-refractivity contribution in [3.05, 3.63) is 48.0 Å². The topological polar surface area (TPSA) is 88.9 Å². The maximum Gasteiger partial charge on any atom is 0.316 e. The lowest BCUT2D eigenvalue weighted by molar-refractivity contribution is -0.139. The zero-order valence-electron chi connectivity index (χ0n) is 15.7. The molecule has 1 atom stereocenters. The van der Waals surface area contributed by atoms with Crippen LogP contribution >= 0.6 is 0 Å². The number of hydrogen-bond donors (Lipinski definition) is 0. The molecule has 0 N–H and O–H groups in total. The van der Waals surface area contributed by atoms with Crippen molar-refractivity contribution >= 4 is 17.6 Å². The Morgan fingerprint density at radius 2 is 2.07 bits per heavy atom. The van der Waals surface area contributed by atoms with Crippen LogP contribution in [0.2, 0.25) is 0 Å². The minimum Gasteiger partial charge on any atom is -0.497 e. The first kappa shape index (κ1) is 19.2. The number of rotatable bonds is 6. The Bertz CT molecular complexity index is 935. The van der Waals surface area contributed by atoms with E-state index in [-0.39, 0.29) is 24.6 Å². The van der Waals surface area contributed by atoms with Crippen LogP contribution in [0.15, 0.2) is 42.5 Å². The second-order valence-electron chi connectivity index (χ2n) is 6.23. The lowest BCUT2D eigenvalue weighted by Crippen LogP contribution is -2.27. The second kappa shape index (κ2) is 8.44. The number of hydrogen-bond acceptors (Lipinski definition) is 6. The van der Waals surface area contributed by atoms with Gasteiger partial charge in [0.15, 0.2) is 11.5 Å². The van der Waals surface area contributed by atoms with E-state index in [0.717, 1.165) is 0 Å². The van der Waals surface area contributed by atoms with Crippen molar-refractivity contribution in [3.8, 4) is 23.3 Å². The third-order valence-electron chi connectivity index (χ3n) is 4.41. The van der Waals surface area contributed by atoms with Gasteiger partial charge in [-0.05, 0) is 31.2 Å². The number of amides is 1. The van der Waals surface area contributed by atoms with Gasteiger partial charge in [0.05, 0.1) is 31.3 Å². The van der Waals surface area contributed by atoms with E-state index in [0.29, 0.717) is 29.4 Å². The molecule has 7 heteroatoms. The molecule has 2 aromatic rings. The molecule has 2 aromatic carbocycles. The van der Waals surface area contributed by atoms with E-state index in [1.807, 2.05) is 6.07 Å². The molecule has 0 aromatic heterocycles. The van der Waals surface area contributed by atoms with Crippen molar-refractivity contribution in [3.63, 3.8) is 0 Å². The summed E-state index contributed by atoms with van der Waals surface area (Å²) in [5.41, 5.74) is 1.08. The number of nitrogens with zero attached hydrogens (tertiary/aromatic N) is 2. The molecular weight excluding hydrogens is 360 g/mol. The first-order valence-corrected chi connectivity index (χ1v) is 8.88. The number of esters is 1. The van der Waals surface area contributed by atoms with Crippen LogP contribution in [0.3, 0.4) is 0 Å². The summed E-state index contributed by atoms with van der Waals surface area (Å²) in [6.45, 7) is 2.39. The van der Waals surface area contributed by atoms with E-state index in [1.54, 1.807) is 49.3 Å². The summed E-state index contributed by atoms with van der Waals surface area (Å²) in [5, 5.41) is 9.01. The zero-order valence-corrected chi connectivity index (χ0v) is 15.7. The molecule has 0 saturated carbocycles. The molecule has 144 valence electrons. The molecule has 7 nitrogen and oxygen atoms in total. The van der Waals surface area contributed by atoms with Gasteiger partial charge in [-0.15, -0.1) is 0 Å². The minimum atomic E-state index is -0.594. The number of carbonyl (C=O) groups excluding carboxylic acids is 2. The van der Waals surface area contributed by atoms with Gasteiger partial charge in [-0.3, -0.25) is 9.59 Å². The molecule has 1 aliphatic rings. The van der Waals surface area contributed by atoms with Crippen LogP contribution in [0, 0.1) is 17.2 Å². The number of anilines is 1. The fourth-order valence-electron chi connectivity index (χ4n) is 3.02. The summed E-state index contributed by atoms with van der Waals surface area (Å²) in [4.78, 5) is 26.6. The highest BCUT2D eigenvalue weighted by molar-refractivity contribution is 5.99. The number of methoxy groups -OCH3 is 1. The molecule has 1 fully saturated rings. The molecule has 1 saturated heterocycles. The molecule has 1 aliphatic heterocycles. The van der Waals surface area contributed by atoms with E-state index in [2.05, 4.69) is 0 Å². The Balaban J connectivity index is 1.74. The Labute approximate surface area is 163 Å². The van der Waals surface area contributed by atoms with Crippen molar-refractivity contribution in [1.82, 2.24) is 0 Å². The molecule has 1 unspecified atom stereocenters. The first-order chi connectivity index (χ1) is 13.5. The molecule has 0 radical (unpaired) electrons. The fourth-order valence-corrected chi connectivity index (χ4v) is 3.02. The Hall–Kier alpha value is -3.53. The normalized spacial score (nSPS) is 15.8. The number of ether oxygens (including phenoxy) is 3. The predicted octanol–water partition coefficient (Wildman–Crippen LogP) is 2.92. The SMILES string of the molecule is CCOc1cc(C#N)ccc1OC(=O)C1CC(=O)N(c2cccc(OC)c2)C1. The number of benzene rings is 2. The van der Waals surface area contributed by atoms with Gasteiger partial charge in [-0.25, -0.2) is 0 Å². The highest BCUT2D eigenvalue weighted by Gasteiger charge is 2.36. The first-order valence-electron chi connectivity index (χ1n) is 8.88. The monoisotopic (exact) mass is 380 g/mol. The molecule has 0 spiro atoms. The minimum absolute atomic E-state index is 0.0658. The Morgan fingerprint density at radius 1 is 1.25 bits per heavy atom. The Kier molecular flexibility index (Phi) is 5.80. The van der Waals surface area contributed by atoms with Gasteiger partial charge in [0.2, 0.25) is 5.91 Å². The lowest BCUT2D eigenvalue weighted by atomic mass is 10.1. The van der Waals surface area contributed by atoms with Gasteiger partial charge in [0.1, 0.15) is 5.75 Å². The van der Waals surface area contributed by atoms with Crippen LogP contribution in [0.4, 0.5) is 5.69 Å². The molecule has 0 bridgehead atoms. The zero-order chi connectivity index (χ0) is 20.1. The molecule has 3 rings (SSSR count). The molecule has 1 heterocycles. The van der Waals surface area contributed by atoms with Crippen molar-refractivity contribution in [2.24, 2.45) is 5.92 Å². The average Bonchev–Trinajstić information content (AvgIpc) is 3.11. The van der Waals surface area contributed by atoms with E-state index < -0.39 is 11.9 Å². The Morgan fingerprint density at radius 3 is 2.79 bits per heavy atom. The lowest BCUT2D eigenvalue weighted by Gasteiger charge is -2.17. The van der Waals surface area contributed by atoms with Crippen LogP contribution in [-0.4, -0.2) is 32.1 Å². The smallest absolute Gasteiger partial charge is 0.316 e. The fraction of sp³-hybridized carbons (Fsp3) is 0.286. The van der Waals surface area contributed by atoms with Crippen LogP contribution in [0.25, 0.3) is 0 Å². The van der Waals surface area contributed by atoms with E-state index in [9.17, 15) is 9.59 Å². The predicted molar refractivity (Wildman–Crippen MR) is 101 cm³/mol. The maximum absolute atomic E-state index is 12.6. The molecule has 28 heavy (non-hydrogen) atoms. The third kappa shape index (κ3) is 4.07. The summed E-state index contributed by atoms with van der Waals surface area (Å²) < 4.78 is 16.1. The van der Waals surface area contributed by atoms with Crippen LogP contribution < -0.4 is 19.1 Å². The second-order valence-corrected chi connectivity index (χ2v) is 6.23. The van der Waals surface area contributed by atoms with Gasteiger partial charge in [0, 0.05) is 30.8 Å². The summed E-state index contributed by atoms with van der Waals surface area (Å²) >= 11 is 0. The maximum atomic E-state index is 12.6. The van der Waals surface area contributed by atoms with E-state index in [1.165, 1.54) is 12.1 Å². The van der Waals surface area contributed by atoms with Crippen molar-refractivity contribution in [1.29, 1.82) is 5.26 Å². The number of carbonyl (C=O) groups is 2. The van der Waals surface area contributed by atoms with Crippen molar-refractivity contribution in [2.45, 2.75) is 13.3 Å². The standard InChI is InChI=1S/C21H20N2O5/c1-3-27-19-9-14(12-22)7-8-18(19)28-21(25)15-10-20(24)23(13-15)16-5-4-6-17(11-16)26-2/h4-9,11,15H,3,10,13H2,1-2H3. The molecular formula is C21H20N2O5. The van der Waals surface area contributed by atoms with E-state index >= 15 is 0 Å². The summed E-state index contributed by atoms with van der Waals surface area (Å²) in [7, 11) is 1.55. The highest BCUT2D eigenvalue weighted by atomic mass is 16.6. The number of nitriles is 1. The van der Waals surface area contributed by atoms with Gasteiger partial charge in [0.25, 0.3) is 0 Å². The van der Waals surface area contributed by atoms with Gasteiger partial charge >= 0.3 is 5.97 Å². The van der Waals surface area contributed by atoms with Crippen LogP contribution in [0.5, 0.6) is 17.2 Å². The summed E-state index contributed by atoms with van der Waals surface area (Å²) in [6.07, 6.45) is 0.0658. The molecule has 1 amide bonds. The highest BCUT2D eigenvalue weighted by Crippen LogP contribution is 2.32. The quantitative estimate of drug-likeness (QED) is 0.565. The van der Waals surface area contributed by atoms with Gasteiger partial charge in [-0.2, -0.15) is 5.26 Å². The largest absolute Gasteiger partial charge is 0.497 e. The van der Waals surface area contributed by atoms with Crippen molar-refractivity contribution in [2.75, 3.05) is 25.2 Å². The average molecular weight is 380 g/mol. The van der Waals surface area contributed by atoms with Crippen LogP contribution in [-0.2, 0) is 9.59 Å². The van der Waals surface area contributed by atoms with Crippen LogP contribution in [0.1, 0.15) is 18.9 Å².